The van der Waals surface area contributed by atoms with Gasteiger partial charge in [-0.05, 0) is 28.9 Å². The van der Waals surface area contributed by atoms with E-state index in [-0.39, 0.29) is 37.0 Å². The van der Waals surface area contributed by atoms with Crippen molar-refractivity contribution in [3.63, 3.8) is 0 Å². The molecule has 0 saturated heterocycles. The first kappa shape index (κ1) is 17.3. The molecule has 9 heteroatoms. The molecule has 1 rings (SSSR count). The van der Waals surface area contributed by atoms with Crippen molar-refractivity contribution in [3.05, 3.63) is 16.7 Å². The highest BCUT2D eigenvalue weighted by atomic mass is 79.9. The molecule has 0 aromatic carbocycles. The Morgan fingerprint density at radius 2 is 1.95 bits per heavy atom. The van der Waals surface area contributed by atoms with Gasteiger partial charge in [0.1, 0.15) is 10.7 Å². The molecule has 0 aliphatic rings. The predicted octanol–water partition coefficient (Wildman–Crippen LogP) is 0.251. The van der Waals surface area contributed by atoms with Gasteiger partial charge in [0.25, 0.3) is 0 Å². The van der Waals surface area contributed by atoms with Gasteiger partial charge in [0.05, 0.1) is 13.2 Å². The van der Waals surface area contributed by atoms with Crippen molar-refractivity contribution in [3.8, 4) is 0 Å². The first-order valence-corrected chi connectivity index (χ1v) is 8.32. The van der Waals surface area contributed by atoms with E-state index < -0.39 is 10.0 Å². The van der Waals surface area contributed by atoms with Crippen LogP contribution in [0.5, 0.6) is 0 Å². The Morgan fingerprint density at radius 1 is 1.35 bits per heavy atom. The first-order chi connectivity index (χ1) is 9.47. The molecule has 0 radical (unpaired) electrons. The summed E-state index contributed by atoms with van der Waals surface area (Å²) in [7, 11) is -3.84. The second-order valence-corrected chi connectivity index (χ2v) is 6.70. The molecule has 20 heavy (non-hydrogen) atoms. The zero-order chi connectivity index (χ0) is 15.2. The molecule has 1 aromatic rings. The Bertz CT molecular complexity index is 532. The van der Waals surface area contributed by atoms with E-state index in [0.717, 1.165) is 4.31 Å². The average molecular weight is 368 g/mol. The lowest BCUT2D eigenvalue weighted by molar-refractivity contribution is 0.217. The summed E-state index contributed by atoms with van der Waals surface area (Å²) < 4.78 is 26.7. The van der Waals surface area contributed by atoms with Gasteiger partial charge < -0.3 is 15.5 Å². The Balaban J connectivity index is 3.27. The highest BCUT2D eigenvalue weighted by Gasteiger charge is 2.27. The summed E-state index contributed by atoms with van der Waals surface area (Å²) >= 11 is 3.19. The third-order valence-electron chi connectivity index (χ3n) is 2.48. The van der Waals surface area contributed by atoms with Crippen LogP contribution in [0.3, 0.4) is 0 Å². The van der Waals surface area contributed by atoms with Crippen molar-refractivity contribution in [2.45, 2.75) is 11.8 Å². The van der Waals surface area contributed by atoms with Gasteiger partial charge in [-0.3, -0.25) is 0 Å². The van der Waals surface area contributed by atoms with Gasteiger partial charge in [0, 0.05) is 30.3 Å². The monoisotopic (exact) mass is 367 g/mol. The smallest absolute Gasteiger partial charge is 0.246 e. The van der Waals surface area contributed by atoms with Gasteiger partial charge in [-0.2, -0.15) is 4.31 Å². The number of aliphatic hydroxyl groups excluding tert-OH is 2. The van der Waals surface area contributed by atoms with Crippen LogP contribution < -0.4 is 5.32 Å². The fraction of sp³-hybridized carbons (Fsp3) is 0.545. The van der Waals surface area contributed by atoms with Gasteiger partial charge in [-0.1, -0.05) is 0 Å². The summed E-state index contributed by atoms with van der Waals surface area (Å²) in [6.07, 6.45) is 1.50. The Labute approximate surface area is 126 Å². The van der Waals surface area contributed by atoms with Crippen molar-refractivity contribution < 1.29 is 18.6 Å². The summed E-state index contributed by atoms with van der Waals surface area (Å²) in [5.41, 5.74) is 0. The van der Waals surface area contributed by atoms with E-state index in [2.05, 4.69) is 26.2 Å². The highest BCUT2D eigenvalue weighted by Crippen LogP contribution is 2.25. The lowest BCUT2D eigenvalue weighted by Crippen LogP contribution is -2.36. The van der Waals surface area contributed by atoms with Crippen LogP contribution in [0.2, 0.25) is 0 Å². The molecule has 3 N–H and O–H groups in total. The molecule has 0 spiro atoms. The van der Waals surface area contributed by atoms with Crippen molar-refractivity contribution in [1.82, 2.24) is 9.29 Å². The Kier molecular flexibility index (Phi) is 6.83. The molecular weight excluding hydrogens is 350 g/mol. The Hall–Kier alpha value is -0.740. The normalized spacial score (nSPS) is 11.8. The maximum Gasteiger partial charge on any atom is 0.246 e. The molecule has 0 fully saturated rings. The van der Waals surface area contributed by atoms with Gasteiger partial charge >= 0.3 is 0 Å². The highest BCUT2D eigenvalue weighted by molar-refractivity contribution is 9.10. The van der Waals surface area contributed by atoms with Crippen LogP contribution in [0.25, 0.3) is 0 Å². The summed E-state index contributed by atoms with van der Waals surface area (Å²) in [6.45, 7) is 1.55. The zero-order valence-electron chi connectivity index (χ0n) is 11.1. The predicted molar refractivity (Wildman–Crippen MR) is 79.0 cm³/mol. The quantitative estimate of drug-likeness (QED) is 0.608. The average Bonchev–Trinajstić information content (AvgIpc) is 2.40. The van der Waals surface area contributed by atoms with Crippen molar-refractivity contribution >= 4 is 31.8 Å². The minimum Gasteiger partial charge on any atom is -0.395 e. The summed E-state index contributed by atoms with van der Waals surface area (Å²) in [6, 6.07) is 1.45. The summed E-state index contributed by atoms with van der Waals surface area (Å²) in [5.74, 6) is 0.247. The van der Waals surface area contributed by atoms with Gasteiger partial charge in [-0.25, -0.2) is 13.4 Å². The number of aromatic nitrogens is 1. The number of sulfonamides is 1. The number of hydrogen-bond donors (Lipinski definition) is 3. The van der Waals surface area contributed by atoms with Crippen LogP contribution >= 0.6 is 15.9 Å². The minimum absolute atomic E-state index is 0.00984. The number of pyridine rings is 1. The van der Waals surface area contributed by atoms with Crippen molar-refractivity contribution in [2.24, 2.45) is 0 Å². The standard InChI is InChI=1S/C11H18BrN3O4S/c1-2-13-11-10(7-9(12)8-14-11)20(18,19)15(3-5-16)4-6-17/h7-8,16-17H,2-6H2,1H3,(H,13,14). The maximum absolute atomic E-state index is 12.6. The Morgan fingerprint density at radius 3 is 2.45 bits per heavy atom. The van der Waals surface area contributed by atoms with Crippen LogP contribution in [0, 0.1) is 0 Å². The number of halogens is 1. The molecule has 1 aromatic heterocycles. The number of nitrogens with one attached hydrogen (secondary N) is 1. The van der Waals surface area contributed by atoms with E-state index in [4.69, 9.17) is 10.2 Å². The molecule has 0 unspecified atom stereocenters. The van der Waals surface area contributed by atoms with Crippen molar-refractivity contribution in [2.75, 3.05) is 38.2 Å². The fourth-order valence-corrected chi connectivity index (χ4v) is 3.68. The first-order valence-electron chi connectivity index (χ1n) is 6.08. The van der Waals surface area contributed by atoms with Crippen LogP contribution in [0.15, 0.2) is 21.6 Å². The van der Waals surface area contributed by atoms with Gasteiger partial charge in [0.2, 0.25) is 10.0 Å². The molecule has 0 bridgehead atoms. The van der Waals surface area contributed by atoms with E-state index >= 15 is 0 Å². The van der Waals surface area contributed by atoms with Gasteiger partial charge in [-0.15, -0.1) is 0 Å². The number of rotatable bonds is 8. The second-order valence-electron chi connectivity index (χ2n) is 3.88. The fourth-order valence-electron chi connectivity index (χ4n) is 1.63. The zero-order valence-corrected chi connectivity index (χ0v) is 13.5. The molecule has 7 nitrogen and oxygen atoms in total. The largest absolute Gasteiger partial charge is 0.395 e. The van der Waals surface area contributed by atoms with E-state index in [1.807, 2.05) is 6.92 Å². The third-order valence-corrected chi connectivity index (χ3v) is 4.83. The number of aliphatic hydroxyl groups is 2. The lowest BCUT2D eigenvalue weighted by Gasteiger charge is -2.21. The SMILES string of the molecule is CCNc1ncc(Br)cc1S(=O)(=O)N(CCO)CCO. The van der Waals surface area contributed by atoms with E-state index in [1.165, 1.54) is 12.3 Å². The molecule has 114 valence electrons. The van der Waals surface area contributed by atoms with Crippen LogP contribution in [-0.2, 0) is 10.0 Å². The minimum atomic E-state index is -3.84. The topological polar surface area (TPSA) is 103 Å². The van der Waals surface area contributed by atoms with E-state index in [9.17, 15) is 8.42 Å². The van der Waals surface area contributed by atoms with Gasteiger partial charge in [0.15, 0.2) is 0 Å². The lowest BCUT2D eigenvalue weighted by atomic mass is 10.4. The molecule has 0 saturated carbocycles. The van der Waals surface area contributed by atoms with Crippen LogP contribution in [-0.4, -0.2) is 60.8 Å². The molecule has 0 atom stereocenters. The molecule has 1 heterocycles. The van der Waals surface area contributed by atoms with E-state index in [1.54, 1.807) is 0 Å². The van der Waals surface area contributed by atoms with Crippen LogP contribution in [0.1, 0.15) is 6.92 Å². The summed E-state index contributed by atoms with van der Waals surface area (Å²) in [5, 5.41) is 20.8. The number of hydrogen-bond acceptors (Lipinski definition) is 6. The molecule has 0 aliphatic heterocycles. The summed E-state index contributed by atoms with van der Waals surface area (Å²) in [4.78, 5) is 4.06. The maximum atomic E-state index is 12.6. The van der Waals surface area contributed by atoms with Crippen molar-refractivity contribution in [1.29, 1.82) is 0 Å². The molecular formula is C11H18BrN3O4S. The van der Waals surface area contributed by atoms with E-state index in [0.29, 0.717) is 11.0 Å². The third kappa shape index (κ3) is 4.13. The molecule has 0 amide bonds. The number of nitrogens with zero attached hydrogens (tertiary/aromatic N) is 2. The molecule has 0 aliphatic carbocycles. The second kappa shape index (κ2) is 7.89. The van der Waals surface area contributed by atoms with Crippen LogP contribution in [0.4, 0.5) is 5.82 Å². The number of anilines is 1.